The first-order valence-corrected chi connectivity index (χ1v) is 7.74. The lowest BCUT2D eigenvalue weighted by atomic mass is 10.3. The Morgan fingerprint density at radius 3 is 2.65 bits per heavy atom. The zero-order chi connectivity index (χ0) is 15.8. The zero-order valence-corrected chi connectivity index (χ0v) is 13.4. The van der Waals surface area contributed by atoms with Gasteiger partial charge in [-0.15, -0.1) is 0 Å². The maximum atomic E-state index is 13.1. The third-order valence-corrected chi connectivity index (χ3v) is 3.91. The fourth-order valence-corrected chi connectivity index (χ4v) is 2.73. The van der Waals surface area contributed by atoms with Gasteiger partial charge in [-0.2, -0.15) is 0 Å². The van der Waals surface area contributed by atoms with Crippen LogP contribution in [-0.2, 0) is 0 Å². The van der Waals surface area contributed by atoms with Gasteiger partial charge in [0, 0.05) is 16.4 Å². The minimum atomic E-state index is -0.275. The number of pyridine rings is 1. The van der Waals surface area contributed by atoms with Gasteiger partial charge in [0.1, 0.15) is 23.0 Å². The Kier molecular flexibility index (Phi) is 3.38. The summed E-state index contributed by atoms with van der Waals surface area (Å²) >= 11 is 3.47. The molecule has 0 saturated heterocycles. The summed E-state index contributed by atoms with van der Waals surface area (Å²) in [4.78, 5) is 4.62. The van der Waals surface area contributed by atoms with Gasteiger partial charge in [-0.3, -0.25) is 4.40 Å². The normalized spacial score (nSPS) is 11.0. The number of nitrogens with zero attached hydrogens (tertiary/aromatic N) is 2. The Hall–Kier alpha value is -2.60. The fourth-order valence-electron chi connectivity index (χ4n) is 2.39. The molecule has 1 aromatic carbocycles. The standard InChI is InChI=1S/C17H11BrFN3O/c18-11-3-8-15-21-16(14-2-1-9-23-14)17(22(15)10-11)20-13-6-4-12(19)5-7-13/h1-10,20H. The van der Waals surface area contributed by atoms with E-state index in [1.165, 1.54) is 12.1 Å². The summed E-state index contributed by atoms with van der Waals surface area (Å²) in [5, 5.41) is 3.29. The minimum Gasteiger partial charge on any atom is -0.463 e. The molecule has 0 bridgehead atoms. The van der Waals surface area contributed by atoms with Crippen LogP contribution in [0.3, 0.4) is 0 Å². The fraction of sp³-hybridized carbons (Fsp3) is 0. The monoisotopic (exact) mass is 371 g/mol. The molecule has 0 atom stereocenters. The summed E-state index contributed by atoms with van der Waals surface area (Å²) in [7, 11) is 0. The van der Waals surface area contributed by atoms with Crippen molar-refractivity contribution < 1.29 is 8.81 Å². The van der Waals surface area contributed by atoms with Crippen LogP contribution < -0.4 is 5.32 Å². The van der Waals surface area contributed by atoms with Gasteiger partial charge in [-0.1, -0.05) is 0 Å². The van der Waals surface area contributed by atoms with Crippen LogP contribution in [0.2, 0.25) is 0 Å². The molecule has 0 amide bonds. The van der Waals surface area contributed by atoms with Gasteiger partial charge in [0.05, 0.1) is 6.26 Å². The SMILES string of the molecule is Fc1ccc(Nc2c(-c3ccco3)nc3ccc(Br)cn23)cc1. The summed E-state index contributed by atoms with van der Waals surface area (Å²) < 4.78 is 21.4. The van der Waals surface area contributed by atoms with Gasteiger partial charge >= 0.3 is 0 Å². The molecule has 0 aliphatic rings. The molecule has 0 saturated carbocycles. The quantitative estimate of drug-likeness (QED) is 0.535. The number of nitrogens with one attached hydrogen (secondary N) is 1. The predicted octanol–water partition coefficient (Wildman–Crippen LogP) is 5.24. The van der Waals surface area contributed by atoms with Crippen molar-refractivity contribution >= 4 is 33.1 Å². The first-order chi connectivity index (χ1) is 11.2. The summed E-state index contributed by atoms with van der Waals surface area (Å²) in [5.74, 6) is 1.14. The molecule has 0 fully saturated rings. The lowest BCUT2D eigenvalue weighted by Crippen LogP contribution is -1.97. The molecule has 0 radical (unpaired) electrons. The van der Waals surface area contributed by atoms with Gasteiger partial charge in [-0.25, -0.2) is 9.37 Å². The Labute approximate surface area is 139 Å². The molecule has 3 heterocycles. The third kappa shape index (κ3) is 2.61. The van der Waals surface area contributed by atoms with E-state index >= 15 is 0 Å². The summed E-state index contributed by atoms with van der Waals surface area (Å²) in [6.45, 7) is 0. The van der Waals surface area contributed by atoms with Crippen LogP contribution in [0.15, 0.2) is 69.9 Å². The van der Waals surface area contributed by atoms with Crippen molar-refractivity contribution in [2.45, 2.75) is 0 Å². The Morgan fingerprint density at radius 1 is 1.09 bits per heavy atom. The molecule has 4 rings (SSSR count). The van der Waals surface area contributed by atoms with E-state index in [-0.39, 0.29) is 5.82 Å². The molecular formula is C17H11BrFN3O. The first-order valence-electron chi connectivity index (χ1n) is 6.95. The molecule has 0 unspecified atom stereocenters. The predicted molar refractivity (Wildman–Crippen MR) is 90.3 cm³/mol. The van der Waals surface area contributed by atoms with Gasteiger partial charge in [-0.05, 0) is 64.5 Å². The van der Waals surface area contributed by atoms with Crippen molar-refractivity contribution in [1.82, 2.24) is 9.38 Å². The number of rotatable bonds is 3. The summed E-state index contributed by atoms with van der Waals surface area (Å²) in [6.07, 6.45) is 3.53. The lowest BCUT2D eigenvalue weighted by molar-refractivity contribution is 0.581. The lowest BCUT2D eigenvalue weighted by Gasteiger charge is -2.08. The maximum absolute atomic E-state index is 13.1. The number of imidazole rings is 1. The van der Waals surface area contributed by atoms with E-state index in [1.54, 1.807) is 18.4 Å². The number of furan rings is 1. The van der Waals surface area contributed by atoms with Crippen LogP contribution in [0, 0.1) is 5.82 Å². The second-order valence-electron chi connectivity index (χ2n) is 4.99. The first kappa shape index (κ1) is 14.0. The van der Waals surface area contributed by atoms with Gasteiger partial charge in [0.2, 0.25) is 0 Å². The number of benzene rings is 1. The smallest absolute Gasteiger partial charge is 0.156 e. The Bertz CT molecular complexity index is 962. The molecule has 4 aromatic rings. The number of fused-ring (bicyclic) bond motifs is 1. The highest BCUT2D eigenvalue weighted by molar-refractivity contribution is 9.10. The van der Waals surface area contributed by atoms with Gasteiger partial charge < -0.3 is 9.73 Å². The topological polar surface area (TPSA) is 42.5 Å². The van der Waals surface area contributed by atoms with E-state index in [9.17, 15) is 4.39 Å². The highest BCUT2D eigenvalue weighted by atomic mass is 79.9. The van der Waals surface area contributed by atoms with E-state index in [0.29, 0.717) is 11.5 Å². The van der Waals surface area contributed by atoms with Crippen molar-refractivity contribution in [3.05, 3.63) is 71.3 Å². The second-order valence-corrected chi connectivity index (χ2v) is 5.91. The molecule has 114 valence electrons. The van der Waals surface area contributed by atoms with Crippen molar-refractivity contribution in [2.24, 2.45) is 0 Å². The van der Waals surface area contributed by atoms with E-state index in [0.717, 1.165) is 21.6 Å². The average molecular weight is 372 g/mol. The molecule has 4 nitrogen and oxygen atoms in total. The molecule has 6 heteroatoms. The number of halogens is 2. The summed E-state index contributed by atoms with van der Waals surface area (Å²) in [5.41, 5.74) is 2.24. The van der Waals surface area contributed by atoms with E-state index in [4.69, 9.17) is 4.42 Å². The highest BCUT2D eigenvalue weighted by Crippen LogP contribution is 2.32. The molecule has 1 N–H and O–H groups in total. The van der Waals surface area contributed by atoms with E-state index in [2.05, 4.69) is 26.2 Å². The molecular weight excluding hydrogens is 361 g/mol. The highest BCUT2D eigenvalue weighted by Gasteiger charge is 2.16. The van der Waals surface area contributed by atoms with E-state index in [1.807, 2.05) is 34.9 Å². The van der Waals surface area contributed by atoms with Crippen LogP contribution in [0.4, 0.5) is 15.9 Å². The minimum absolute atomic E-state index is 0.275. The van der Waals surface area contributed by atoms with Crippen molar-refractivity contribution in [2.75, 3.05) is 5.32 Å². The Morgan fingerprint density at radius 2 is 1.91 bits per heavy atom. The van der Waals surface area contributed by atoms with E-state index < -0.39 is 0 Å². The van der Waals surface area contributed by atoms with Gasteiger partial charge in [0.25, 0.3) is 0 Å². The van der Waals surface area contributed by atoms with Crippen molar-refractivity contribution in [1.29, 1.82) is 0 Å². The molecule has 23 heavy (non-hydrogen) atoms. The average Bonchev–Trinajstić information content (AvgIpc) is 3.18. The maximum Gasteiger partial charge on any atom is 0.156 e. The second kappa shape index (κ2) is 5.55. The Balaban J connectivity index is 1.89. The third-order valence-electron chi connectivity index (χ3n) is 3.44. The summed E-state index contributed by atoms with van der Waals surface area (Å²) in [6, 6.07) is 13.7. The van der Waals surface area contributed by atoms with Gasteiger partial charge in [0.15, 0.2) is 5.76 Å². The molecule has 0 spiro atoms. The number of anilines is 2. The molecule has 0 aliphatic carbocycles. The number of aromatic nitrogens is 2. The van der Waals surface area contributed by atoms with Crippen LogP contribution in [0.25, 0.3) is 17.1 Å². The van der Waals surface area contributed by atoms with Crippen molar-refractivity contribution in [3.8, 4) is 11.5 Å². The number of hydrogen-bond donors (Lipinski definition) is 1. The van der Waals surface area contributed by atoms with Crippen LogP contribution in [0.5, 0.6) is 0 Å². The molecule has 3 aromatic heterocycles. The van der Waals surface area contributed by atoms with Crippen LogP contribution in [0.1, 0.15) is 0 Å². The van der Waals surface area contributed by atoms with Crippen LogP contribution >= 0.6 is 15.9 Å². The zero-order valence-electron chi connectivity index (χ0n) is 11.8. The van der Waals surface area contributed by atoms with Crippen molar-refractivity contribution in [3.63, 3.8) is 0 Å². The van der Waals surface area contributed by atoms with Crippen LogP contribution in [-0.4, -0.2) is 9.38 Å². The number of hydrogen-bond acceptors (Lipinski definition) is 3. The largest absolute Gasteiger partial charge is 0.463 e. The molecule has 0 aliphatic heterocycles.